The molecule has 0 aliphatic rings. The Labute approximate surface area is 138 Å². The third-order valence-corrected chi connectivity index (χ3v) is 3.56. The second-order valence-electron chi connectivity index (χ2n) is 5.69. The molecule has 23 heavy (non-hydrogen) atoms. The third-order valence-electron chi connectivity index (χ3n) is 3.56. The summed E-state index contributed by atoms with van der Waals surface area (Å²) in [6.07, 6.45) is 0.874. The highest BCUT2D eigenvalue weighted by Gasteiger charge is 2.11. The largest absolute Gasteiger partial charge is 0.489 e. The van der Waals surface area contributed by atoms with Gasteiger partial charge >= 0.3 is 0 Å². The molecule has 0 atom stereocenters. The first-order valence-corrected chi connectivity index (χ1v) is 7.78. The van der Waals surface area contributed by atoms with Crippen LogP contribution in [0.25, 0.3) is 0 Å². The van der Waals surface area contributed by atoms with E-state index in [1.807, 2.05) is 44.2 Å². The molecule has 0 unspecified atom stereocenters. The Morgan fingerprint density at radius 3 is 2.65 bits per heavy atom. The molecule has 0 heterocycles. The fourth-order valence-electron chi connectivity index (χ4n) is 2.32. The van der Waals surface area contributed by atoms with Crippen molar-refractivity contribution in [3.8, 4) is 5.75 Å². The van der Waals surface area contributed by atoms with Gasteiger partial charge in [-0.25, -0.2) is 0 Å². The summed E-state index contributed by atoms with van der Waals surface area (Å²) in [5.74, 6) is 0.538. The average molecular weight is 309 g/mol. The Morgan fingerprint density at radius 1 is 1.22 bits per heavy atom. The lowest BCUT2D eigenvalue weighted by Gasteiger charge is -2.13. The zero-order valence-electron chi connectivity index (χ0n) is 14.0. The molecule has 2 aromatic rings. The maximum absolute atomic E-state index is 12.5. The van der Waals surface area contributed by atoms with Gasteiger partial charge < -0.3 is 10.1 Å². The molecule has 2 rings (SSSR count). The molecule has 0 aromatic heterocycles. The number of hydrogen-bond donors (Lipinski definition) is 1. The summed E-state index contributed by atoms with van der Waals surface area (Å²) in [5.41, 5.74) is 4.61. The molecule has 0 saturated carbocycles. The number of aryl methyl sites for hydroxylation is 2. The molecule has 0 radical (unpaired) electrons. The lowest BCUT2D eigenvalue weighted by atomic mass is 10.1. The molecule has 3 heteroatoms. The van der Waals surface area contributed by atoms with Crippen LogP contribution in [0.1, 0.15) is 35.3 Å². The molecule has 120 valence electrons. The number of anilines is 1. The molecule has 1 N–H and O–H groups in total. The van der Waals surface area contributed by atoms with E-state index in [2.05, 4.69) is 18.8 Å². The SMILES string of the molecule is C=C(C)COc1cccc(C(=O)Nc2c(C)cccc2CC)c1. The van der Waals surface area contributed by atoms with E-state index in [9.17, 15) is 4.79 Å². The minimum Gasteiger partial charge on any atom is -0.489 e. The number of hydrogen-bond acceptors (Lipinski definition) is 2. The first-order valence-electron chi connectivity index (χ1n) is 7.78. The van der Waals surface area contributed by atoms with Crippen molar-refractivity contribution in [1.29, 1.82) is 0 Å². The minimum absolute atomic E-state index is 0.130. The molecule has 0 aliphatic heterocycles. The minimum atomic E-state index is -0.130. The van der Waals surface area contributed by atoms with Gasteiger partial charge in [0.25, 0.3) is 5.91 Å². The average Bonchev–Trinajstić information content (AvgIpc) is 2.55. The lowest BCUT2D eigenvalue weighted by molar-refractivity contribution is 0.102. The molecule has 0 aliphatic carbocycles. The van der Waals surface area contributed by atoms with Crippen molar-refractivity contribution >= 4 is 11.6 Å². The van der Waals surface area contributed by atoms with E-state index >= 15 is 0 Å². The van der Waals surface area contributed by atoms with Crippen LogP contribution >= 0.6 is 0 Å². The van der Waals surface area contributed by atoms with Gasteiger partial charge in [0.15, 0.2) is 0 Å². The van der Waals surface area contributed by atoms with Gasteiger partial charge in [-0.3, -0.25) is 4.79 Å². The highest BCUT2D eigenvalue weighted by Crippen LogP contribution is 2.22. The Balaban J connectivity index is 2.18. The van der Waals surface area contributed by atoms with Gasteiger partial charge in [-0.15, -0.1) is 0 Å². The standard InChI is InChI=1S/C20H23NO2/c1-5-16-9-6-8-15(4)19(16)21-20(22)17-10-7-11-18(12-17)23-13-14(2)3/h6-12H,2,5,13H2,1,3-4H3,(H,21,22). The molecule has 0 spiro atoms. The fraction of sp³-hybridized carbons (Fsp3) is 0.250. The summed E-state index contributed by atoms with van der Waals surface area (Å²) in [4.78, 5) is 12.5. The number of nitrogens with one attached hydrogen (secondary N) is 1. The lowest BCUT2D eigenvalue weighted by Crippen LogP contribution is -2.14. The number of amides is 1. The topological polar surface area (TPSA) is 38.3 Å². The molecule has 0 fully saturated rings. The van der Waals surface area contributed by atoms with Gasteiger partial charge in [0.05, 0.1) is 0 Å². The van der Waals surface area contributed by atoms with Crippen molar-refractivity contribution in [1.82, 2.24) is 0 Å². The zero-order chi connectivity index (χ0) is 16.8. The monoisotopic (exact) mass is 309 g/mol. The van der Waals surface area contributed by atoms with Crippen molar-refractivity contribution in [2.75, 3.05) is 11.9 Å². The van der Waals surface area contributed by atoms with Crippen LogP contribution in [-0.2, 0) is 6.42 Å². The van der Waals surface area contributed by atoms with E-state index in [0.29, 0.717) is 17.9 Å². The highest BCUT2D eigenvalue weighted by atomic mass is 16.5. The van der Waals surface area contributed by atoms with E-state index in [4.69, 9.17) is 4.74 Å². The Bertz CT molecular complexity index is 719. The molecule has 0 saturated heterocycles. The third kappa shape index (κ3) is 4.46. The number of benzene rings is 2. The second kappa shape index (κ2) is 7.63. The number of carbonyl (C=O) groups excluding carboxylic acids is 1. The number of ether oxygens (including phenoxy) is 1. The van der Waals surface area contributed by atoms with Gasteiger partial charge in [-0.05, 0) is 55.2 Å². The number of para-hydroxylation sites is 1. The van der Waals surface area contributed by atoms with Gasteiger partial charge in [0, 0.05) is 11.3 Å². The summed E-state index contributed by atoms with van der Waals surface area (Å²) in [7, 11) is 0. The molecule has 0 bridgehead atoms. The molecule has 1 amide bonds. The highest BCUT2D eigenvalue weighted by molar-refractivity contribution is 6.05. The molecular weight excluding hydrogens is 286 g/mol. The zero-order valence-corrected chi connectivity index (χ0v) is 14.0. The molecule has 2 aromatic carbocycles. The molecular formula is C20H23NO2. The number of carbonyl (C=O) groups is 1. The summed E-state index contributed by atoms with van der Waals surface area (Å²) in [5, 5.41) is 3.03. The predicted octanol–water partition coefficient (Wildman–Crippen LogP) is 4.76. The van der Waals surface area contributed by atoms with Crippen molar-refractivity contribution < 1.29 is 9.53 Å². The Kier molecular flexibility index (Phi) is 5.58. The van der Waals surface area contributed by atoms with Crippen LogP contribution in [0.2, 0.25) is 0 Å². The van der Waals surface area contributed by atoms with Crippen molar-refractivity contribution in [2.24, 2.45) is 0 Å². The van der Waals surface area contributed by atoms with E-state index in [0.717, 1.165) is 28.8 Å². The van der Waals surface area contributed by atoms with E-state index in [-0.39, 0.29) is 5.91 Å². The number of rotatable bonds is 6. The van der Waals surface area contributed by atoms with Gasteiger partial charge in [-0.2, -0.15) is 0 Å². The van der Waals surface area contributed by atoms with Crippen molar-refractivity contribution in [3.63, 3.8) is 0 Å². The normalized spacial score (nSPS) is 10.2. The summed E-state index contributed by atoms with van der Waals surface area (Å²) >= 11 is 0. The van der Waals surface area contributed by atoms with Crippen LogP contribution in [0.4, 0.5) is 5.69 Å². The van der Waals surface area contributed by atoms with Crippen molar-refractivity contribution in [3.05, 3.63) is 71.3 Å². The van der Waals surface area contributed by atoms with Gasteiger partial charge in [0.2, 0.25) is 0 Å². The van der Waals surface area contributed by atoms with Crippen molar-refractivity contribution in [2.45, 2.75) is 27.2 Å². The van der Waals surface area contributed by atoms with E-state index in [1.54, 1.807) is 12.1 Å². The maximum Gasteiger partial charge on any atom is 0.255 e. The van der Waals surface area contributed by atoms with E-state index in [1.165, 1.54) is 0 Å². The molecule has 3 nitrogen and oxygen atoms in total. The predicted molar refractivity (Wildman–Crippen MR) is 95.3 cm³/mol. The summed E-state index contributed by atoms with van der Waals surface area (Å²) in [6, 6.07) is 13.2. The summed E-state index contributed by atoms with van der Waals surface area (Å²) < 4.78 is 5.60. The first kappa shape index (κ1) is 16.8. The maximum atomic E-state index is 12.5. The van der Waals surface area contributed by atoms with Crippen LogP contribution in [0.3, 0.4) is 0 Å². The van der Waals surface area contributed by atoms with Crippen LogP contribution in [0, 0.1) is 6.92 Å². The second-order valence-corrected chi connectivity index (χ2v) is 5.69. The van der Waals surface area contributed by atoms with Gasteiger partial charge in [0.1, 0.15) is 12.4 Å². The Hall–Kier alpha value is -2.55. The quantitative estimate of drug-likeness (QED) is 0.781. The van der Waals surface area contributed by atoms with Crippen LogP contribution in [0.15, 0.2) is 54.6 Å². The van der Waals surface area contributed by atoms with Crippen LogP contribution in [0.5, 0.6) is 5.75 Å². The Morgan fingerprint density at radius 2 is 1.96 bits per heavy atom. The first-order chi connectivity index (χ1) is 11.0. The van der Waals surface area contributed by atoms with E-state index < -0.39 is 0 Å². The van der Waals surface area contributed by atoms with Crippen LogP contribution in [-0.4, -0.2) is 12.5 Å². The smallest absolute Gasteiger partial charge is 0.255 e. The van der Waals surface area contributed by atoms with Crippen LogP contribution < -0.4 is 10.1 Å². The van der Waals surface area contributed by atoms with Gasteiger partial charge in [-0.1, -0.05) is 37.8 Å². The fourth-order valence-corrected chi connectivity index (χ4v) is 2.32. The summed E-state index contributed by atoms with van der Waals surface area (Å²) in [6.45, 7) is 10.2.